The predicted molar refractivity (Wildman–Crippen MR) is 83.6 cm³/mol. The van der Waals surface area contributed by atoms with Crippen LogP contribution in [0.3, 0.4) is 0 Å². The lowest BCUT2D eigenvalue weighted by Gasteiger charge is -2.10. The van der Waals surface area contributed by atoms with Gasteiger partial charge in [0.15, 0.2) is 11.5 Å². The fraction of sp³-hybridized carbons (Fsp3) is 0.167. The number of halogens is 1. The number of thiocarbonyl (C=S) groups is 1. The summed E-state index contributed by atoms with van der Waals surface area (Å²) in [6.45, 7) is 0. The Balaban J connectivity index is 2.43. The topological polar surface area (TPSA) is 47.6 Å². The van der Waals surface area contributed by atoms with E-state index in [4.69, 9.17) is 21.7 Å². The van der Waals surface area contributed by atoms with Crippen molar-refractivity contribution in [3.63, 3.8) is 0 Å². The number of amides is 1. The fourth-order valence-electron chi connectivity index (χ4n) is 1.54. The molecular formula is C12H10BrNO3S2. The number of hydrogen-bond donors (Lipinski definition) is 1. The summed E-state index contributed by atoms with van der Waals surface area (Å²) < 4.78 is 11.7. The Morgan fingerprint density at radius 2 is 1.95 bits per heavy atom. The van der Waals surface area contributed by atoms with Gasteiger partial charge in [-0.1, -0.05) is 39.9 Å². The van der Waals surface area contributed by atoms with E-state index in [-0.39, 0.29) is 5.91 Å². The molecule has 0 aliphatic carbocycles. The zero-order chi connectivity index (χ0) is 14.0. The summed E-state index contributed by atoms with van der Waals surface area (Å²) >= 11 is 9.62. The van der Waals surface area contributed by atoms with Crippen LogP contribution in [0.1, 0.15) is 5.56 Å². The van der Waals surface area contributed by atoms with Gasteiger partial charge in [0.05, 0.1) is 19.1 Å². The molecule has 100 valence electrons. The van der Waals surface area contributed by atoms with Gasteiger partial charge < -0.3 is 14.8 Å². The highest BCUT2D eigenvalue weighted by molar-refractivity contribution is 9.10. The Labute approximate surface area is 128 Å². The lowest BCUT2D eigenvalue weighted by Crippen LogP contribution is -2.17. The van der Waals surface area contributed by atoms with E-state index < -0.39 is 0 Å². The summed E-state index contributed by atoms with van der Waals surface area (Å²) in [6.07, 6.45) is 1.76. The van der Waals surface area contributed by atoms with Crippen LogP contribution in [0.2, 0.25) is 0 Å². The molecule has 0 aromatic heterocycles. The number of carbonyl (C=O) groups excluding carboxylic acids is 1. The zero-order valence-corrected chi connectivity index (χ0v) is 13.4. The normalized spacial score (nSPS) is 16.7. The summed E-state index contributed by atoms with van der Waals surface area (Å²) in [4.78, 5) is 12.2. The second-order valence-electron chi connectivity index (χ2n) is 3.58. The van der Waals surface area contributed by atoms with Crippen molar-refractivity contribution in [3.05, 3.63) is 27.1 Å². The lowest BCUT2D eigenvalue weighted by molar-refractivity contribution is -0.115. The molecule has 2 rings (SSSR count). The molecule has 0 spiro atoms. The van der Waals surface area contributed by atoms with Crippen LogP contribution in [0, 0.1) is 0 Å². The molecule has 0 bridgehead atoms. The van der Waals surface area contributed by atoms with Crippen molar-refractivity contribution in [2.45, 2.75) is 0 Å². The molecule has 1 amide bonds. The quantitative estimate of drug-likeness (QED) is 0.664. The van der Waals surface area contributed by atoms with E-state index in [2.05, 4.69) is 21.2 Å². The Hall–Kier alpha value is -1.05. The van der Waals surface area contributed by atoms with Gasteiger partial charge in [0.1, 0.15) is 4.32 Å². The minimum atomic E-state index is -0.184. The first kappa shape index (κ1) is 14.4. The fourth-order valence-corrected chi connectivity index (χ4v) is 3.01. The van der Waals surface area contributed by atoms with Crippen molar-refractivity contribution < 1.29 is 14.3 Å². The van der Waals surface area contributed by atoms with Crippen LogP contribution in [-0.4, -0.2) is 24.4 Å². The van der Waals surface area contributed by atoms with Crippen molar-refractivity contribution in [1.82, 2.24) is 5.32 Å². The molecule has 1 saturated heterocycles. The van der Waals surface area contributed by atoms with E-state index >= 15 is 0 Å². The number of thioether (sulfide) groups is 1. The third kappa shape index (κ3) is 3.10. The van der Waals surface area contributed by atoms with Gasteiger partial charge in [0.2, 0.25) is 0 Å². The largest absolute Gasteiger partial charge is 0.493 e. The van der Waals surface area contributed by atoms with Crippen LogP contribution in [0.4, 0.5) is 0 Å². The SMILES string of the molecule is COc1cc(Br)c(/C=C2\SC(=S)NC2=O)cc1OC. The average Bonchev–Trinajstić information content (AvgIpc) is 2.69. The van der Waals surface area contributed by atoms with Gasteiger partial charge >= 0.3 is 0 Å². The second kappa shape index (κ2) is 5.94. The Morgan fingerprint density at radius 3 is 2.47 bits per heavy atom. The van der Waals surface area contributed by atoms with Crippen LogP contribution < -0.4 is 14.8 Å². The van der Waals surface area contributed by atoms with Gasteiger partial charge in [0.25, 0.3) is 5.91 Å². The van der Waals surface area contributed by atoms with Gasteiger partial charge in [-0.3, -0.25) is 4.79 Å². The molecule has 1 N–H and O–H groups in total. The van der Waals surface area contributed by atoms with Crippen LogP contribution in [0.25, 0.3) is 6.08 Å². The smallest absolute Gasteiger partial charge is 0.263 e. The molecule has 1 aliphatic rings. The third-order valence-electron chi connectivity index (χ3n) is 2.43. The lowest BCUT2D eigenvalue weighted by atomic mass is 10.2. The highest BCUT2D eigenvalue weighted by atomic mass is 79.9. The molecule has 1 aromatic carbocycles. The molecule has 7 heteroatoms. The zero-order valence-electron chi connectivity index (χ0n) is 10.2. The van der Waals surface area contributed by atoms with E-state index in [0.29, 0.717) is 20.7 Å². The van der Waals surface area contributed by atoms with Gasteiger partial charge in [0, 0.05) is 4.47 Å². The molecule has 1 aliphatic heterocycles. The monoisotopic (exact) mass is 359 g/mol. The minimum absolute atomic E-state index is 0.184. The van der Waals surface area contributed by atoms with E-state index in [0.717, 1.165) is 10.0 Å². The summed E-state index contributed by atoms with van der Waals surface area (Å²) in [5.74, 6) is 1.04. The number of carbonyl (C=O) groups is 1. The molecule has 0 atom stereocenters. The summed E-state index contributed by atoms with van der Waals surface area (Å²) in [6, 6.07) is 3.59. The maximum absolute atomic E-state index is 11.6. The Morgan fingerprint density at radius 1 is 1.32 bits per heavy atom. The third-order valence-corrected chi connectivity index (χ3v) is 4.28. The molecular weight excluding hydrogens is 350 g/mol. The predicted octanol–water partition coefficient (Wildman–Crippen LogP) is 2.96. The summed E-state index contributed by atoms with van der Waals surface area (Å²) in [7, 11) is 3.13. The van der Waals surface area contributed by atoms with E-state index in [9.17, 15) is 4.79 Å². The van der Waals surface area contributed by atoms with E-state index in [1.54, 1.807) is 32.4 Å². The number of methoxy groups -OCH3 is 2. The molecule has 0 unspecified atom stereocenters. The highest BCUT2D eigenvalue weighted by Gasteiger charge is 2.22. The Bertz CT molecular complexity index is 587. The number of nitrogens with one attached hydrogen (secondary N) is 1. The van der Waals surface area contributed by atoms with Crippen molar-refractivity contribution in [2.24, 2.45) is 0 Å². The number of benzene rings is 1. The molecule has 19 heavy (non-hydrogen) atoms. The summed E-state index contributed by atoms with van der Waals surface area (Å²) in [5.41, 5.74) is 0.819. The van der Waals surface area contributed by atoms with E-state index in [1.165, 1.54) is 11.8 Å². The average molecular weight is 360 g/mol. The highest BCUT2D eigenvalue weighted by Crippen LogP contribution is 2.36. The number of rotatable bonds is 3. The molecule has 1 heterocycles. The number of hydrogen-bond acceptors (Lipinski definition) is 5. The molecule has 1 fully saturated rings. The van der Waals surface area contributed by atoms with Crippen LogP contribution >= 0.6 is 39.9 Å². The first-order valence-electron chi connectivity index (χ1n) is 5.21. The molecule has 4 nitrogen and oxygen atoms in total. The molecule has 0 radical (unpaired) electrons. The first-order valence-corrected chi connectivity index (χ1v) is 7.23. The second-order valence-corrected chi connectivity index (χ2v) is 6.15. The van der Waals surface area contributed by atoms with Crippen molar-refractivity contribution in [1.29, 1.82) is 0 Å². The van der Waals surface area contributed by atoms with Crippen molar-refractivity contribution in [3.8, 4) is 11.5 Å². The van der Waals surface area contributed by atoms with Crippen molar-refractivity contribution in [2.75, 3.05) is 14.2 Å². The maximum atomic E-state index is 11.6. The van der Waals surface area contributed by atoms with Gasteiger partial charge in [-0.25, -0.2) is 0 Å². The first-order chi connectivity index (χ1) is 9.05. The maximum Gasteiger partial charge on any atom is 0.263 e. The summed E-state index contributed by atoms with van der Waals surface area (Å²) in [5, 5.41) is 2.57. The standard InChI is InChI=1S/C12H10BrNO3S2/c1-16-8-3-6(7(13)5-9(8)17-2)4-10-11(15)14-12(18)19-10/h3-5H,1-2H3,(H,14,15,18)/b10-4-. The van der Waals surface area contributed by atoms with E-state index in [1.807, 2.05) is 0 Å². The number of ether oxygens (including phenoxy) is 2. The van der Waals surface area contributed by atoms with Crippen LogP contribution in [-0.2, 0) is 4.79 Å². The Kier molecular flexibility index (Phi) is 4.49. The van der Waals surface area contributed by atoms with Gasteiger partial charge in [-0.05, 0) is 23.8 Å². The van der Waals surface area contributed by atoms with Crippen LogP contribution in [0.5, 0.6) is 11.5 Å². The van der Waals surface area contributed by atoms with Crippen LogP contribution in [0.15, 0.2) is 21.5 Å². The van der Waals surface area contributed by atoms with Gasteiger partial charge in [-0.15, -0.1) is 0 Å². The van der Waals surface area contributed by atoms with Crippen molar-refractivity contribution >= 4 is 56.2 Å². The van der Waals surface area contributed by atoms with Gasteiger partial charge in [-0.2, -0.15) is 0 Å². The molecule has 0 saturated carbocycles. The minimum Gasteiger partial charge on any atom is -0.493 e. The molecule has 1 aromatic rings.